The molecule has 2 atom stereocenters. The van der Waals surface area contributed by atoms with Gasteiger partial charge in [-0.3, -0.25) is 13.9 Å². The van der Waals surface area contributed by atoms with E-state index in [1.165, 1.54) is 17.0 Å². The van der Waals surface area contributed by atoms with Crippen LogP contribution in [0.1, 0.15) is 39.7 Å². The molecule has 0 radical (unpaired) electrons. The number of nitrogens with one attached hydrogen (secondary N) is 1. The Kier molecular flexibility index (Phi) is 11.8. The highest BCUT2D eigenvalue weighted by molar-refractivity contribution is 9.10. The van der Waals surface area contributed by atoms with E-state index in [-0.39, 0.29) is 23.4 Å². The molecular weight excluding hydrogens is 674 g/mol. The van der Waals surface area contributed by atoms with Crippen LogP contribution in [0.3, 0.4) is 0 Å². The van der Waals surface area contributed by atoms with Gasteiger partial charge in [-0.15, -0.1) is 0 Å². The number of halogens is 2. The van der Waals surface area contributed by atoms with Crippen molar-refractivity contribution in [2.75, 3.05) is 17.5 Å². The summed E-state index contributed by atoms with van der Waals surface area (Å²) >= 11 is 6.76. The Morgan fingerprint density at radius 1 is 0.878 bits per heavy atom. The summed E-state index contributed by atoms with van der Waals surface area (Å²) in [6.07, 6.45) is 0.732. The first kappa shape index (κ1) is 32.6. The largest absolute Gasteiger partial charge is 0.494 e. The third kappa shape index (κ3) is 8.80. The van der Waals surface area contributed by atoms with Crippen LogP contribution in [0.15, 0.2) is 86.6 Å². The molecule has 0 unspecified atom stereocenters. The van der Waals surface area contributed by atoms with Crippen LogP contribution in [0.25, 0.3) is 0 Å². The summed E-state index contributed by atoms with van der Waals surface area (Å²) in [5, 5.41) is 2.93. The van der Waals surface area contributed by atoms with Crippen molar-refractivity contribution in [2.24, 2.45) is 0 Å². The van der Waals surface area contributed by atoms with Crippen molar-refractivity contribution in [1.29, 1.82) is 0 Å². The lowest BCUT2D eigenvalue weighted by Crippen LogP contribution is -2.52. The van der Waals surface area contributed by atoms with Crippen molar-refractivity contribution in [3.8, 4) is 5.75 Å². The molecule has 41 heavy (non-hydrogen) atoms. The second-order valence-corrected chi connectivity index (χ2v) is 13.2. The van der Waals surface area contributed by atoms with Gasteiger partial charge in [-0.2, -0.15) is 0 Å². The van der Waals surface area contributed by atoms with Crippen LogP contribution in [0.4, 0.5) is 5.69 Å². The van der Waals surface area contributed by atoms with Crippen LogP contribution < -0.4 is 14.4 Å². The summed E-state index contributed by atoms with van der Waals surface area (Å²) in [5.41, 5.74) is 1.10. The van der Waals surface area contributed by atoms with E-state index in [4.69, 9.17) is 4.74 Å². The monoisotopic (exact) mass is 707 g/mol. The Bertz CT molecular complexity index is 1420. The normalized spacial score (nSPS) is 12.7. The van der Waals surface area contributed by atoms with Crippen molar-refractivity contribution in [1.82, 2.24) is 10.2 Å². The molecule has 3 rings (SSSR count). The van der Waals surface area contributed by atoms with Crippen LogP contribution in [-0.4, -0.2) is 50.4 Å². The lowest BCUT2D eigenvalue weighted by Gasteiger charge is -2.32. The van der Waals surface area contributed by atoms with Crippen molar-refractivity contribution in [3.05, 3.63) is 87.3 Å². The highest BCUT2D eigenvalue weighted by atomic mass is 79.9. The number of sulfonamides is 1. The smallest absolute Gasteiger partial charge is 0.264 e. The molecule has 8 nitrogen and oxygen atoms in total. The van der Waals surface area contributed by atoms with Crippen molar-refractivity contribution < 1.29 is 22.7 Å². The van der Waals surface area contributed by atoms with Gasteiger partial charge in [0.1, 0.15) is 18.3 Å². The molecule has 0 spiro atoms. The number of amides is 2. The molecule has 2 amide bonds. The molecule has 0 saturated heterocycles. The number of carbonyl (C=O) groups is 2. The highest BCUT2D eigenvalue weighted by Crippen LogP contribution is 2.27. The summed E-state index contributed by atoms with van der Waals surface area (Å²) in [5.74, 6) is -0.252. The number of rotatable bonds is 13. The van der Waals surface area contributed by atoms with Gasteiger partial charge in [-0.1, -0.05) is 50.9 Å². The van der Waals surface area contributed by atoms with Crippen LogP contribution in [0.2, 0.25) is 0 Å². The molecular formula is C30H35Br2N3O5S. The maximum Gasteiger partial charge on any atom is 0.264 e. The SMILES string of the molecule is CCOc1ccc(N(CC(=O)N(Cc2ccc(Br)cc2)[C@@H](C)C(=O)N[C@H](C)CC)S(=O)(=O)c2ccc(Br)cc2)cc1. The highest BCUT2D eigenvalue weighted by Gasteiger charge is 2.32. The van der Waals surface area contributed by atoms with Crippen molar-refractivity contribution >= 4 is 59.4 Å². The van der Waals surface area contributed by atoms with Gasteiger partial charge < -0.3 is 15.0 Å². The molecule has 0 fully saturated rings. The number of hydrogen-bond acceptors (Lipinski definition) is 5. The number of carbonyl (C=O) groups excluding carboxylic acids is 2. The lowest BCUT2D eigenvalue weighted by molar-refractivity contribution is -0.139. The van der Waals surface area contributed by atoms with Gasteiger partial charge in [0.15, 0.2) is 0 Å². The minimum atomic E-state index is -4.15. The average Bonchev–Trinajstić information content (AvgIpc) is 2.95. The van der Waals surface area contributed by atoms with Gasteiger partial charge in [0, 0.05) is 21.5 Å². The molecule has 3 aromatic rings. The zero-order valence-electron chi connectivity index (χ0n) is 23.5. The molecule has 0 saturated carbocycles. The minimum absolute atomic E-state index is 0.0319. The van der Waals surface area contributed by atoms with Gasteiger partial charge >= 0.3 is 0 Å². The Morgan fingerprint density at radius 3 is 1.98 bits per heavy atom. The average molecular weight is 710 g/mol. The Balaban J connectivity index is 2.02. The standard InChI is InChI=1S/C30H35Br2N3O5S/c1-5-21(3)33-30(37)22(4)34(19-23-7-9-24(31)10-8-23)29(36)20-35(26-13-15-27(16-14-26)40-6-2)41(38,39)28-17-11-25(32)12-18-28/h7-18,21-22H,5-6,19-20H2,1-4H3,(H,33,37)/t21-,22+/m1/s1. The molecule has 0 heterocycles. The molecule has 1 N–H and O–H groups in total. The molecule has 3 aromatic carbocycles. The van der Waals surface area contributed by atoms with Gasteiger partial charge in [-0.05, 0) is 93.4 Å². The summed E-state index contributed by atoms with van der Waals surface area (Å²) in [7, 11) is -4.15. The molecule has 0 aliphatic carbocycles. The summed E-state index contributed by atoms with van der Waals surface area (Å²) in [6, 6.07) is 19.2. The number of anilines is 1. The van der Waals surface area contributed by atoms with E-state index >= 15 is 0 Å². The molecule has 0 bridgehead atoms. The molecule has 220 valence electrons. The third-order valence-electron chi connectivity index (χ3n) is 6.55. The van der Waals surface area contributed by atoms with E-state index in [9.17, 15) is 18.0 Å². The van der Waals surface area contributed by atoms with E-state index in [1.807, 2.05) is 45.0 Å². The topological polar surface area (TPSA) is 96.0 Å². The summed E-state index contributed by atoms with van der Waals surface area (Å²) < 4.78 is 36.0. The number of hydrogen-bond donors (Lipinski definition) is 1. The van der Waals surface area contributed by atoms with Gasteiger partial charge in [0.05, 0.1) is 17.2 Å². The molecule has 0 aliphatic heterocycles. The van der Waals surface area contributed by atoms with Crippen LogP contribution >= 0.6 is 31.9 Å². The number of nitrogens with zero attached hydrogens (tertiary/aromatic N) is 2. The summed E-state index contributed by atoms with van der Waals surface area (Å²) in [4.78, 5) is 28.6. The fourth-order valence-electron chi connectivity index (χ4n) is 3.97. The maximum absolute atomic E-state index is 14.0. The van der Waals surface area contributed by atoms with Crippen LogP contribution in [0.5, 0.6) is 5.75 Å². The first-order chi connectivity index (χ1) is 19.5. The van der Waals surface area contributed by atoms with E-state index < -0.39 is 28.5 Å². The first-order valence-corrected chi connectivity index (χ1v) is 16.3. The quantitative estimate of drug-likeness (QED) is 0.230. The lowest BCUT2D eigenvalue weighted by atomic mass is 10.1. The van der Waals surface area contributed by atoms with Crippen molar-refractivity contribution in [2.45, 2.75) is 57.6 Å². The zero-order valence-corrected chi connectivity index (χ0v) is 27.5. The third-order valence-corrected chi connectivity index (χ3v) is 9.40. The predicted octanol–water partition coefficient (Wildman–Crippen LogP) is 6.14. The van der Waals surface area contributed by atoms with E-state index in [0.29, 0.717) is 18.0 Å². The van der Waals surface area contributed by atoms with E-state index in [0.717, 1.165) is 25.2 Å². The first-order valence-electron chi connectivity index (χ1n) is 13.3. The summed E-state index contributed by atoms with van der Waals surface area (Å²) in [6.45, 7) is 7.43. The predicted molar refractivity (Wildman–Crippen MR) is 168 cm³/mol. The molecule has 11 heteroatoms. The molecule has 0 aromatic heterocycles. The fourth-order valence-corrected chi connectivity index (χ4v) is 5.92. The Morgan fingerprint density at radius 2 is 1.44 bits per heavy atom. The van der Waals surface area contributed by atoms with Gasteiger partial charge in [0.2, 0.25) is 11.8 Å². The number of benzene rings is 3. The number of ether oxygens (including phenoxy) is 1. The van der Waals surface area contributed by atoms with Crippen LogP contribution in [0, 0.1) is 0 Å². The Hall–Kier alpha value is -2.89. The fraction of sp³-hybridized carbons (Fsp3) is 0.333. The zero-order chi connectivity index (χ0) is 30.2. The Labute approximate surface area is 259 Å². The van der Waals surface area contributed by atoms with E-state index in [2.05, 4.69) is 37.2 Å². The molecule has 0 aliphatic rings. The van der Waals surface area contributed by atoms with Crippen LogP contribution in [-0.2, 0) is 26.2 Å². The maximum atomic E-state index is 14.0. The van der Waals surface area contributed by atoms with E-state index in [1.54, 1.807) is 43.3 Å². The van der Waals surface area contributed by atoms with Gasteiger partial charge in [-0.25, -0.2) is 8.42 Å². The second kappa shape index (κ2) is 14.8. The van der Waals surface area contributed by atoms with Gasteiger partial charge in [0.25, 0.3) is 10.0 Å². The van der Waals surface area contributed by atoms with Crippen molar-refractivity contribution in [3.63, 3.8) is 0 Å². The second-order valence-electron chi connectivity index (χ2n) is 9.53. The minimum Gasteiger partial charge on any atom is -0.494 e.